The van der Waals surface area contributed by atoms with E-state index in [1.54, 1.807) is 0 Å². The van der Waals surface area contributed by atoms with Gasteiger partial charge in [-0.3, -0.25) is 0 Å². The van der Waals surface area contributed by atoms with Crippen molar-refractivity contribution in [3.05, 3.63) is 0 Å². The minimum absolute atomic E-state index is 0.0173. The molecule has 2 unspecified atom stereocenters. The number of hydrogen-bond donors (Lipinski definition) is 3. The van der Waals surface area contributed by atoms with E-state index in [-0.39, 0.29) is 6.10 Å². The highest BCUT2D eigenvalue weighted by Gasteiger charge is 2.24. The number of hydrogen-bond acceptors (Lipinski definition) is 3. The van der Waals surface area contributed by atoms with Crippen LogP contribution in [0, 0.1) is 5.92 Å². The molecule has 1 saturated carbocycles. The molecule has 0 spiro atoms. The molecule has 3 N–H and O–H groups in total. The van der Waals surface area contributed by atoms with Gasteiger partial charge in [0.25, 0.3) is 0 Å². The van der Waals surface area contributed by atoms with Crippen molar-refractivity contribution in [2.24, 2.45) is 5.92 Å². The summed E-state index contributed by atoms with van der Waals surface area (Å²) in [7, 11) is 0. The van der Waals surface area contributed by atoms with Gasteiger partial charge >= 0.3 is 0 Å². The second-order valence-corrected chi connectivity index (χ2v) is 4.10. The molecule has 3 heteroatoms. The fourth-order valence-corrected chi connectivity index (χ4v) is 2.00. The molecule has 2 atom stereocenters. The first-order chi connectivity index (χ1) is 5.84. The first-order valence-corrected chi connectivity index (χ1v) is 4.97. The molecule has 70 valence electrons. The molecule has 0 amide bonds. The van der Waals surface area contributed by atoms with Crippen LogP contribution in [0.3, 0.4) is 0 Å². The van der Waals surface area contributed by atoms with Crippen LogP contribution in [0.15, 0.2) is 0 Å². The lowest BCUT2D eigenvalue weighted by Gasteiger charge is -2.29. The Labute approximate surface area is 73.5 Å². The third-order valence-electron chi connectivity index (χ3n) is 2.99. The van der Waals surface area contributed by atoms with Gasteiger partial charge in [0, 0.05) is 19.1 Å². The fraction of sp³-hybridized carbons (Fsp3) is 1.00. The molecule has 1 saturated heterocycles. The third-order valence-corrected chi connectivity index (χ3v) is 2.99. The summed E-state index contributed by atoms with van der Waals surface area (Å²) in [5, 5.41) is 16.0. The van der Waals surface area contributed by atoms with Gasteiger partial charge in [0.1, 0.15) is 0 Å². The maximum absolute atomic E-state index is 9.30. The van der Waals surface area contributed by atoms with Crippen LogP contribution < -0.4 is 10.6 Å². The van der Waals surface area contributed by atoms with Gasteiger partial charge in [0.2, 0.25) is 0 Å². The van der Waals surface area contributed by atoms with Crippen LogP contribution in [0.4, 0.5) is 0 Å². The van der Waals surface area contributed by atoms with Crippen LogP contribution in [-0.4, -0.2) is 36.9 Å². The number of rotatable bonds is 3. The van der Waals surface area contributed by atoms with E-state index in [1.807, 2.05) is 0 Å². The van der Waals surface area contributed by atoms with Crippen molar-refractivity contribution >= 4 is 0 Å². The topological polar surface area (TPSA) is 44.3 Å². The van der Waals surface area contributed by atoms with Gasteiger partial charge in [-0.1, -0.05) is 0 Å². The number of nitrogens with one attached hydrogen (secondary N) is 2. The van der Waals surface area contributed by atoms with Crippen molar-refractivity contribution in [1.29, 1.82) is 0 Å². The Morgan fingerprint density at radius 2 is 2.17 bits per heavy atom. The van der Waals surface area contributed by atoms with Crippen LogP contribution in [0.2, 0.25) is 0 Å². The summed E-state index contributed by atoms with van der Waals surface area (Å²) in [4.78, 5) is 0. The number of aliphatic hydroxyl groups excluding tert-OH is 1. The molecule has 1 aliphatic heterocycles. The van der Waals surface area contributed by atoms with Gasteiger partial charge in [-0.2, -0.15) is 0 Å². The zero-order valence-corrected chi connectivity index (χ0v) is 7.42. The van der Waals surface area contributed by atoms with E-state index in [0.29, 0.717) is 6.04 Å². The van der Waals surface area contributed by atoms with Crippen molar-refractivity contribution in [1.82, 2.24) is 10.6 Å². The van der Waals surface area contributed by atoms with Crippen LogP contribution in [0.1, 0.15) is 19.3 Å². The Morgan fingerprint density at radius 1 is 1.33 bits per heavy atom. The Bertz CT molecular complexity index is 147. The standard InChI is InChI=1S/C9H18N2O/c12-9-2-1-7(3-9)4-11-8-5-10-6-8/h7-12H,1-6H2. The molecule has 1 aliphatic carbocycles. The molecule has 0 bridgehead atoms. The monoisotopic (exact) mass is 170 g/mol. The lowest BCUT2D eigenvalue weighted by molar-refractivity contribution is 0.176. The van der Waals surface area contributed by atoms with E-state index >= 15 is 0 Å². The molecule has 0 aromatic heterocycles. The molecule has 1 heterocycles. The Hall–Kier alpha value is -0.120. The quantitative estimate of drug-likeness (QED) is 0.545. The summed E-state index contributed by atoms with van der Waals surface area (Å²) in [5.41, 5.74) is 0. The number of aliphatic hydroxyl groups is 1. The highest BCUT2D eigenvalue weighted by atomic mass is 16.3. The molecule has 0 aromatic carbocycles. The minimum atomic E-state index is -0.0173. The smallest absolute Gasteiger partial charge is 0.0543 e. The lowest BCUT2D eigenvalue weighted by Crippen LogP contribution is -2.56. The highest BCUT2D eigenvalue weighted by Crippen LogP contribution is 2.24. The van der Waals surface area contributed by atoms with Crippen molar-refractivity contribution < 1.29 is 5.11 Å². The van der Waals surface area contributed by atoms with Crippen LogP contribution in [0.25, 0.3) is 0 Å². The van der Waals surface area contributed by atoms with Crippen LogP contribution >= 0.6 is 0 Å². The average molecular weight is 170 g/mol. The Balaban J connectivity index is 1.60. The maximum Gasteiger partial charge on any atom is 0.0543 e. The molecule has 2 aliphatic rings. The molecule has 2 fully saturated rings. The van der Waals surface area contributed by atoms with E-state index in [4.69, 9.17) is 0 Å². The lowest BCUT2D eigenvalue weighted by atomic mass is 10.1. The molecule has 0 radical (unpaired) electrons. The van der Waals surface area contributed by atoms with E-state index in [1.165, 1.54) is 6.42 Å². The average Bonchev–Trinajstić information content (AvgIpc) is 2.32. The van der Waals surface area contributed by atoms with Crippen molar-refractivity contribution in [2.75, 3.05) is 19.6 Å². The summed E-state index contributed by atoms with van der Waals surface area (Å²) in [5.74, 6) is 0.723. The summed E-state index contributed by atoms with van der Waals surface area (Å²) < 4.78 is 0. The molecular formula is C9H18N2O. The molecule has 3 nitrogen and oxygen atoms in total. The summed E-state index contributed by atoms with van der Waals surface area (Å²) in [6, 6.07) is 0.697. The van der Waals surface area contributed by atoms with E-state index in [9.17, 15) is 5.11 Å². The molecule has 2 rings (SSSR count). The normalized spacial score (nSPS) is 36.8. The zero-order valence-electron chi connectivity index (χ0n) is 7.42. The predicted molar refractivity (Wildman–Crippen MR) is 48.0 cm³/mol. The second kappa shape index (κ2) is 3.73. The SMILES string of the molecule is OC1CCC(CNC2CNC2)C1. The summed E-state index contributed by atoms with van der Waals surface area (Å²) in [6.07, 6.45) is 3.20. The molecule has 0 aromatic rings. The largest absolute Gasteiger partial charge is 0.393 e. The predicted octanol–water partition coefficient (Wildman–Crippen LogP) is -0.291. The van der Waals surface area contributed by atoms with Crippen LogP contribution in [0.5, 0.6) is 0 Å². The van der Waals surface area contributed by atoms with E-state index in [2.05, 4.69) is 10.6 Å². The van der Waals surface area contributed by atoms with Gasteiger partial charge in [-0.05, 0) is 31.7 Å². The Morgan fingerprint density at radius 3 is 2.67 bits per heavy atom. The van der Waals surface area contributed by atoms with E-state index < -0.39 is 0 Å². The molecular weight excluding hydrogens is 152 g/mol. The maximum atomic E-state index is 9.30. The van der Waals surface area contributed by atoms with Gasteiger partial charge in [0.05, 0.1) is 6.10 Å². The van der Waals surface area contributed by atoms with Crippen LogP contribution in [-0.2, 0) is 0 Å². The van der Waals surface area contributed by atoms with Gasteiger partial charge in [0.15, 0.2) is 0 Å². The van der Waals surface area contributed by atoms with Gasteiger partial charge < -0.3 is 15.7 Å². The van der Waals surface area contributed by atoms with E-state index in [0.717, 1.165) is 38.4 Å². The first kappa shape index (κ1) is 8.48. The van der Waals surface area contributed by atoms with Crippen molar-refractivity contribution in [2.45, 2.75) is 31.4 Å². The van der Waals surface area contributed by atoms with Crippen molar-refractivity contribution in [3.63, 3.8) is 0 Å². The van der Waals surface area contributed by atoms with Gasteiger partial charge in [-0.25, -0.2) is 0 Å². The second-order valence-electron chi connectivity index (χ2n) is 4.10. The summed E-state index contributed by atoms with van der Waals surface area (Å²) in [6.45, 7) is 3.34. The fourth-order valence-electron chi connectivity index (χ4n) is 2.00. The minimum Gasteiger partial charge on any atom is -0.393 e. The van der Waals surface area contributed by atoms with Crippen molar-refractivity contribution in [3.8, 4) is 0 Å². The molecule has 12 heavy (non-hydrogen) atoms. The highest BCUT2D eigenvalue weighted by molar-refractivity contribution is 4.84. The van der Waals surface area contributed by atoms with Gasteiger partial charge in [-0.15, -0.1) is 0 Å². The first-order valence-electron chi connectivity index (χ1n) is 4.97. The third kappa shape index (κ3) is 1.97. The summed E-state index contributed by atoms with van der Waals surface area (Å²) >= 11 is 0. The Kier molecular flexibility index (Phi) is 2.63. The zero-order chi connectivity index (χ0) is 8.39.